The van der Waals surface area contributed by atoms with Crippen molar-refractivity contribution in [1.29, 1.82) is 0 Å². The van der Waals surface area contributed by atoms with Crippen LogP contribution in [0.4, 0.5) is 26.3 Å². The molecule has 0 radical (unpaired) electrons. The zero-order valence-electron chi connectivity index (χ0n) is 17.2. The number of alkyl halides is 6. The lowest BCUT2D eigenvalue weighted by Gasteiger charge is -2.08. The van der Waals surface area contributed by atoms with Crippen LogP contribution in [0, 0.1) is 27.7 Å². The summed E-state index contributed by atoms with van der Waals surface area (Å²) in [4.78, 5) is 0. The van der Waals surface area contributed by atoms with E-state index in [0.29, 0.717) is 11.1 Å². The predicted octanol–water partition coefficient (Wildman–Crippen LogP) is 8.33. The van der Waals surface area contributed by atoms with Gasteiger partial charge in [0.05, 0.1) is 11.1 Å². The molecule has 0 aliphatic carbocycles. The Morgan fingerprint density at radius 2 is 0.833 bits per heavy atom. The molecule has 0 aromatic heterocycles. The molecule has 162 valence electrons. The fourth-order valence-corrected chi connectivity index (χ4v) is 2.42. The zero-order valence-corrected chi connectivity index (χ0v) is 17.2. The quantitative estimate of drug-likeness (QED) is 0.317. The highest BCUT2D eigenvalue weighted by atomic mass is 19.4. The Morgan fingerprint density at radius 3 is 1.17 bits per heavy atom. The number of rotatable bonds is 0. The summed E-state index contributed by atoms with van der Waals surface area (Å²) in [7, 11) is 0. The zero-order chi connectivity index (χ0) is 22.9. The van der Waals surface area contributed by atoms with Crippen molar-refractivity contribution in [3.63, 3.8) is 0 Å². The highest BCUT2D eigenvalue weighted by molar-refractivity contribution is 5.30. The van der Waals surface area contributed by atoms with E-state index in [0.717, 1.165) is 29.8 Å². The Morgan fingerprint density at radius 1 is 0.433 bits per heavy atom. The summed E-state index contributed by atoms with van der Waals surface area (Å²) >= 11 is 0. The van der Waals surface area contributed by atoms with Gasteiger partial charge in [-0.15, -0.1) is 0 Å². The molecule has 0 spiro atoms. The summed E-state index contributed by atoms with van der Waals surface area (Å²) in [5, 5.41) is 0. The summed E-state index contributed by atoms with van der Waals surface area (Å²) < 4.78 is 72.2. The highest BCUT2D eigenvalue weighted by Crippen LogP contribution is 2.30. The summed E-state index contributed by atoms with van der Waals surface area (Å²) in [5.41, 5.74) is 2.27. The van der Waals surface area contributed by atoms with Gasteiger partial charge in [-0.25, -0.2) is 0 Å². The fraction of sp³-hybridized carbons (Fsp3) is 0.250. The minimum Gasteiger partial charge on any atom is -0.166 e. The number of benzene rings is 3. The summed E-state index contributed by atoms with van der Waals surface area (Å²) in [6, 6.07) is 19.3. The smallest absolute Gasteiger partial charge is 0.166 e. The Kier molecular flexibility index (Phi) is 9.15. The molecule has 0 saturated heterocycles. The molecular weight excluding hydrogens is 402 g/mol. The van der Waals surface area contributed by atoms with Gasteiger partial charge in [0.15, 0.2) is 0 Å². The molecule has 3 aromatic carbocycles. The van der Waals surface area contributed by atoms with Crippen molar-refractivity contribution in [3.05, 3.63) is 106 Å². The largest absolute Gasteiger partial charge is 0.416 e. The normalized spacial score (nSPS) is 11.0. The molecule has 3 aromatic rings. The SMILES string of the molecule is Cc1cc(C)cc(C(F)(F)F)c1.Cc1ccc(C(F)(F)F)cc1.Cc1ccccc1. The maximum atomic E-state index is 12.1. The van der Waals surface area contributed by atoms with E-state index >= 15 is 0 Å². The van der Waals surface area contributed by atoms with Crippen molar-refractivity contribution in [2.24, 2.45) is 0 Å². The van der Waals surface area contributed by atoms with Gasteiger partial charge in [-0.05, 0) is 52.0 Å². The van der Waals surface area contributed by atoms with Crippen molar-refractivity contribution in [2.45, 2.75) is 40.0 Å². The Hall–Kier alpha value is -2.76. The third-order valence-corrected chi connectivity index (χ3v) is 3.87. The van der Waals surface area contributed by atoms with E-state index in [-0.39, 0.29) is 0 Å². The first-order chi connectivity index (χ1) is 13.8. The van der Waals surface area contributed by atoms with Gasteiger partial charge in [-0.1, -0.05) is 70.8 Å². The number of hydrogen-bond donors (Lipinski definition) is 0. The molecule has 0 saturated carbocycles. The van der Waals surface area contributed by atoms with Gasteiger partial charge in [0.1, 0.15) is 0 Å². The van der Waals surface area contributed by atoms with Gasteiger partial charge in [0.25, 0.3) is 0 Å². The second kappa shape index (κ2) is 10.9. The molecule has 0 heterocycles. The summed E-state index contributed by atoms with van der Waals surface area (Å²) in [5.74, 6) is 0. The van der Waals surface area contributed by atoms with E-state index in [1.54, 1.807) is 26.8 Å². The van der Waals surface area contributed by atoms with Crippen LogP contribution >= 0.6 is 0 Å². The van der Waals surface area contributed by atoms with E-state index < -0.39 is 23.5 Å². The van der Waals surface area contributed by atoms with Gasteiger partial charge >= 0.3 is 12.4 Å². The predicted molar refractivity (Wildman–Crippen MR) is 108 cm³/mol. The van der Waals surface area contributed by atoms with E-state index in [4.69, 9.17) is 0 Å². The van der Waals surface area contributed by atoms with Crippen molar-refractivity contribution >= 4 is 0 Å². The van der Waals surface area contributed by atoms with E-state index in [1.807, 2.05) is 18.2 Å². The van der Waals surface area contributed by atoms with Crippen LogP contribution in [0.15, 0.2) is 72.8 Å². The maximum Gasteiger partial charge on any atom is 0.416 e. The fourth-order valence-electron chi connectivity index (χ4n) is 2.42. The van der Waals surface area contributed by atoms with Gasteiger partial charge in [-0.2, -0.15) is 26.3 Å². The maximum absolute atomic E-state index is 12.1. The van der Waals surface area contributed by atoms with Crippen molar-refractivity contribution in [3.8, 4) is 0 Å². The molecule has 0 amide bonds. The highest BCUT2D eigenvalue weighted by Gasteiger charge is 2.30. The van der Waals surface area contributed by atoms with Crippen LogP contribution in [0.1, 0.15) is 33.4 Å². The van der Waals surface area contributed by atoms with Crippen LogP contribution in [-0.4, -0.2) is 0 Å². The average molecular weight is 426 g/mol. The minimum absolute atomic E-state index is 0.569. The first-order valence-electron chi connectivity index (χ1n) is 9.10. The molecular formula is C24H24F6. The van der Waals surface area contributed by atoms with Crippen LogP contribution in [-0.2, 0) is 12.4 Å². The molecule has 0 N–H and O–H groups in total. The summed E-state index contributed by atoms with van der Waals surface area (Å²) in [6.07, 6.45) is -8.44. The monoisotopic (exact) mass is 426 g/mol. The van der Waals surface area contributed by atoms with Crippen LogP contribution in [0.25, 0.3) is 0 Å². The van der Waals surface area contributed by atoms with Crippen molar-refractivity contribution in [2.75, 3.05) is 0 Å². The van der Waals surface area contributed by atoms with Crippen LogP contribution in [0.3, 0.4) is 0 Å². The Balaban J connectivity index is 0.000000232. The second-order valence-corrected chi connectivity index (χ2v) is 6.89. The third-order valence-electron chi connectivity index (χ3n) is 3.87. The minimum atomic E-state index is -4.23. The second-order valence-electron chi connectivity index (χ2n) is 6.89. The molecule has 6 heteroatoms. The third kappa shape index (κ3) is 9.63. The lowest BCUT2D eigenvalue weighted by molar-refractivity contribution is -0.138. The summed E-state index contributed by atoms with van der Waals surface area (Å²) in [6.45, 7) is 7.14. The topological polar surface area (TPSA) is 0 Å². The van der Waals surface area contributed by atoms with Crippen LogP contribution in [0.5, 0.6) is 0 Å². The van der Waals surface area contributed by atoms with Crippen LogP contribution < -0.4 is 0 Å². The lowest BCUT2D eigenvalue weighted by Crippen LogP contribution is -2.05. The number of aryl methyl sites for hydroxylation is 4. The van der Waals surface area contributed by atoms with Gasteiger partial charge in [0.2, 0.25) is 0 Å². The molecule has 0 aliphatic rings. The Labute approximate surface area is 173 Å². The molecule has 30 heavy (non-hydrogen) atoms. The number of halogens is 6. The average Bonchev–Trinajstić information content (AvgIpc) is 2.61. The van der Waals surface area contributed by atoms with Crippen molar-refractivity contribution in [1.82, 2.24) is 0 Å². The first kappa shape index (κ1) is 25.3. The van der Waals surface area contributed by atoms with Gasteiger partial charge in [0, 0.05) is 0 Å². The number of hydrogen-bond acceptors (Lipinski definition) is 0. The van der Waals surface area contributed by atoms with E-state index in [9.17, 15) is 26.3 Å². The molecule has 0 bridgehead atoms. The van der Waals surface area contributed by atoms with E-state index in [2.05, 4.69) is 19.1 Å². The first-order valence-corrected chi connectivity index (χ1v) is 9.10. The molecule has 0 nitrogen and oxygen atoms in total. The molecule has 0 fully saturated rings. The molecule has 0 unspecified atom stereocenters. The lowest BCUT2D eigenvalue weighted by atomic mass is 10.1. The molecule has 0 atom stereocenters. The molecule has 0 aliphatic heterocycles. The van der Waals surface area contributed by atoms with Crippen LogP contribution in [0.2, 0.25) is 0 Å². The van der Waals surface area contributed by atoms with Crippen molar-refractivity contribution < 1.29 is 26.3 Å². The molecule has 3 rings (SSSR count). The van der Waals surface area contributed by atoms with Gasteiger partial charge in [-0.3, -0.25) is 0 Å². The standard InChI is InChI=1S/C9H9F3.C8H7F3.C7H8/c1-6-3-7(2)5-8(4-6)9(10,11)12;1-6-2-4-7(5-3-6)8(9,10)11;1-7-5-3-2-4-6-7/h3-5H,1-2H3;2-5H,1H3;2-6H,1H3. The van der Waals surface area contributed by atoms with Gasteiger partial charge < -0.3 is 0 Å². The Bertz CT molecular complexity index is 871. The van der Waals surface area contributed by atoms with E-state index in [1.165, 1.54) is 17.7 Å².